The van der Waals surface area contributed by atoms with Crippen molar-refractivity contribution in [2.24, 2.45) is 5.92 Å². The van der Waals surface area contributed by atoms with Gasteiger partial charge in [-0.1, -0.05) is 12.2 Å². The van der Waals surface area contributed by atoms with Gasteiger partial charge in [-0.15, -0.1) is 0 Å². The van der Waals surface area contributed by atoms with Crippen molar-refractivity contribution in [3.8, 4) is 11.5 Å². The Morgan fingerprint density at radius 1 is 1.38 bits per heavy atom. The molecule has 0 unspecified atom stereocenters. The van der Waals surface area contributed by atoms with Crippen LogP contribution in [0, 0.1) is 5.92 Å². The number of hydrogen-bond acceptors (Lipinski definition) is 3. The van der Waals surface area contributed by atoms with E-state index in [9.17, 15) is 9.90 Å². The summed E-state index contributed by atoms with van der Waals surface area (Å²) >= 11 is 0. The maximum absolute atomic E-state index is 12.1. The van der Waals surface area contributed by atoms with Crippen LogP contribution in [0.15, 0.2) is 30.4 Å². The first-order valence-electron chi connectivity index (χ1n) is 5.28. The van der Waals surface area contributed by atoms with Crippen molar-refractivity contribution in [2.45, 2.75) is 12.8 Å². The van der Waals surface area contributed by atoms with Crippen LogP contribution in [-0.2, 0) is 0 Å². The van der Waals surface area contributed by atoms with E-state index < -0.39 is 0 Å². The monoisotopic (exact) mass is 218 g/mol. The highest BCUT2D eigenvalue weighted by atomic mass is 16.5. The average Bonchev–Trinajstić information content (AvgIpc) is 2.82. The minimum absolute atomic E-state index is 0.0126. The van der Waals surface area contributed by atoms with Crippen molar-refractivity contribution in [3.63, 3.8) is 0 Å². The number of ketones is 1. The van der Waals surface area contributed by atoms with E-state index >= 15 is 0 Å². The van der Waals surface area contributed by atoms with Gasteiger partial charge in [0.25, 0.3) is 0 Å². The third-order valence-corrected chi connectivity index (χ3v) is 2.85. The number of phenolic OH excluding ortho intramolecular Hbond substituents is 1. The van der Waals surface area contributed by atoms with Gasteiger partial charge in [-0.3, -0.25) is 4.79 Å². The van der Waals surface area contributed by atoms with Crippen molar-refractivity contribution in [1.82, 2.24) is 0 Å². The van der Waals surface area contributed by atoms with Crippen molar-refractivity contribution < 1.29 is 14.6 Å². The summed E-state index contributed by atoms with van der Waals surface area (Å²) in [6, 6.07) is 4.73. The van der Waals surface area contributed by atoms with Crippen LogP contribution in [0.3, 0.4) is 0 Å². The van der Waals surface area contributed by atoms with E-state index in [1.54, 1.807) is 12.1 Å². The van der Waals surface area contributed by atoms with Crippen LogP contribution in [0.1, 0.15) is 23.2 Å². The minimum Gasteiger partial charge on any atom is -0.507 e. The number of Topliss-reactive ketones (excluding diaryl/α,β-unsaturated/α-hetero) is 1. The number of benzene rings is 1. The van der Waals surface area contributed by atoms with Gasteiger partial charge < -0.3 is 9.84 Å². The first-order valence-corrected chi connectivity index (χ1v) is 5.28. The summed E-state index contributed by atoms with van der Waals surface area (Å²) < 4.78 is 5.04. The summed E-state index contributed by atoms with van der Waals surface area (Å²) in [5.41, 5.74) is 0.355. The fourth-order valence-corrected chi connectivity index (χ4v) is 1.89. The standard InChI is InChI=1S/C13H14O3/c1-16-10-6-7-12(14)11(8-10)13(15)9-4-2-3-5-9/h2-3,6-9,14H,4-5H2,1H3. The van der Waals surface area contributed by atoms with E-state index in [1.807, 2.05) is 12.2 Å². The molecule has 0 amide bonds. The second-order valence-corrected chi connectivity index (χ2v) is 3.89. The van der Waals surface area contributed by atoms with Gasteiger partial charge in [0.1, 0.15) is 11.5 Å². The Morgan fingerprint density at radius 2 is 2.06 bits per heavy atom. The van der Waals surface area contributed by atoms with Gasteiger partial charge in [0.15, 0.2) is 5.78 Å². The highest BCUT2D eigenvalue weighted by Crippen LogP contribution is 2.29. The zero-order chi connectivity index (χ0) is 11.5. The Morgan fingerprint density at radius 3 is 2.69 bits per heavy atom. The Labute approximate surface area is 94.4 Å². The summed E-state index contributed by atoms with van der Waals surface area (Å²) in [6.45, 7) is 0. The zero-order valence-corrected chi connectivity index (χ0v) is 9.14. The minimum atomic E-state index is -0.0296. The molecule has 0 fully saturated rings. The van der Waals surface area contributed by atoms with Crippen molar-refractivity contribution in [2.75, 3.05) is 7.11 Å². The molecule has 2 rings (SSSR count). The lowest BCUT2D eigenvalue weighted by molar-refractivity contribution is 0.0923. The number of methoxy groups -OCH3 is 1. The van der Waals surface area contributed by atoms with Crippen LogP contribution in [0.4, 0.5) is 0 Å². The molecule has 0 bridgehead atoms. The molecule has 84 valence electrons. The number of aromatic hydroxyl groups is 1. The van der Waals surface area contributed by atoms with E-state index in [4.69, 9.17) is 4.74 Å². The predicted octanol–water partition coefficient (Wildman–Crippen LogP) is 2.55. The third kappa shape index (κ3) is 1.94. The largest absolute Gasteiger partial charge is 0.507 e. The molecule has 1 aromatic rings. The summed E-state index contributed by atoms with van der Waals surface area (Å²) in [6.07, 6.45) is 5.52. The number of hydrogen-bond donors (Lipinski definition) is 1. The van der Waals surface area contributed by atoms with Crippen molar-refractivity contribution >= 4 is 5.78 Å². The van der Waals surface area contributed by atoms with E-state index in [-0.39, 0.29) is 17.5 Å². The maximum Gasteiger partial charge on any atom is 0.170 e. The third-order valence-electron chi connectivity index (χ3n) is 2.85. The molecular formula is C13H14O3. The van der Waals surface area contributed by atoms with Gasteiger partial charge >= 0.3 is 0 Å². The van der Waals surface area contributed by atoms with E-state index in [0.29, 0.717) is 11.3 Å². The molecule has 16 heavy (non-hydrogen) atoms. The first kappa shape index (κ1) is 10.7. The number of carbonyl (C=O) groups is 1. The van der Waals surface area contributed by atoms with Gasteiger partial charge in [-0.25, -0.2) is 0 Å². The van der Waals surface area contributed by atoms with Crippen LogP contribution in [-0.4, -0.2) is 18.0 Å². The van der Waals surface area contributed by atoms with Crippen LogP contribution in [0.2, 0.25) is 0 Å². The highest BCUT2D eigenvalue weighted by molar-refractivity contribution is 6.00. The van der Waals surface area contributed by atoms with Gasteiger partial charge in [0, 0.05) is 5.92 Å². The SMILES string of the molecule is COc1ccc(O)c(C(=O)C2CC=CC2)c1. The molecule has 3 nitrogen and oxygen atoms in total. The summed E-state index contributed by atoms with van der Waals surface area (Å²) in [5.74, 6) is 0.573. The molecule has 0 aromatic heterocycles. The molecule has 0 aliphatic heterocycles. The second-order valence-electron chi connectivity index (χ2n) is 3.89. The molecule has 3 heteroatoms. The quantitative estimate of drug-likeness (QED) is 0.626. The van der Waals surface area contributed by atoms with Crippen molar-refractivity contribution in [3.05, 3.63) is 35.9 Å². The average molecular weight is 218 g/mol. The topological polar surface area (TPSA) is 46.5 Å². The fourth-order valence-electron chi connectivity index (χ4n) is 1.89. The van der Waals surface area contributed by atoms with Gasteiger partial charge in [0.05, 0.1) is 12.7 Å². The molecule has 1 N–H and O–H groups in total. The lowest BCUT2D eigenvalue weighted by Gasteiger charge is -2.10. The fraction of sp³-hybridized carbons (Fsp3) is 0.308. The Bertz CT molecular complexity index is 427. The van der Waals surface area contributed by atoms with E-state index in [2.05, 4.69) is 0 Å². The Kier molecular flexibility index (Phi) is 2.95. The summed E-state index contributed by atoms with van der Waals surface area (Å²) in [5, 5.41) is 9.66. The normalized spacial score (nSPS) is 15.3. The van der Waals surface area contributed by atoms with E-state index in [1.165, 1.54) is 13.2 Å². The lowest BCUT2D eigenvalue weighted by Crippen LogP contribution is -2.11. The van der Waals surface area contributed by atoms with Gasteiger partial charge in [0.2, 0.25) is 0 Å². The number of ether oxygens (including phenoxy) is 1. The molecule has 1 aliphatic rings. The highest BCUT2D eigenvalue weighted by Gasteiger charge is 2.23. The molecule has 0 atom stereocenters. The smallest absolute Gasteiger partial charge is 0.170 e. The first-order chi connectivity index (χ1) is 7.72. The van der Waals surface area contributed by atoms with Crippen LogP contribution < -0.4 is 4.74 Å². The molecular weight excluding hydrogens is 204 g/mol. The molecule has 0 saturated heterocycles. The zero-order valence-electron chi connectivity index (χ0n) is 9.14. The summed E-state index contributed by atoms with van der Waals surface area (Å²) in [7, 11) is 1.54. The summed E-state index contributed by atoms with van der Waals surface area (Å²) in [4.78, 5) is 12.1. The molecule has 0 heterocycles. The Hall–Kier alpha value is -1.77. The predicted molar refractivity (Wildman–Crippen MR) is 60.9 cm³/mol. The van der Waals surface area contributed by atoms with Gasteiger partial charge in [-0.2, -0.15) is 0 Å². The van der Waals surface area contributed by atoms with Crippen molar-refractivity contribution in [1.29, 1.82) is 0 Å². The molecule has 0 radical (unpaired) electrons. The van der Waals surface area contributed by atoms with Crippen LogP contribution in [0.25, 0.3) is 0 Å². The van der Waals surface area contributed by atoms with Crippen LogP contribution >= 0.6 is 0 Å². The number of allylic oxidation sites excluding steroid dienone is 2. The van der Waals surface area contributed by atoms with Gasteiger partial charge in [-0.05, 0) is 31.0 Å². The lowest BCUT2D eigenvalue weighted by atomic mass is 9.95. The van der Waals surface area contributed by atoms with E-state index in [0.717, 1.165) is 12.8 Å². The second kappa shape index (κ2) is 4.39. The Balaban J connectivity index is 2.27. The number of rotatable bonds is 3. The van der Waals surface area contributed by atoms with Crippen LogP contribution in [0.5, 0.6) is 11.5 Å². The maximum atomic E-state index is 12.1. The number of carbonyl (C=O) groups excluding carboxylic acids is 1. The molecule has 0 spiro atoms. The molecule has 1 aliphatic carbocycles. The molecule has 1 aromatic carbocycles. The number of phenols is 1. The molecule has 0 saturated carbocycles.